The standard InChI is InChI=1S/C28H29Cl2NO/c29-26-16-10-9-15-25(26)28(30,22-11-5-4-6-12-22)23-19-17-21(18-20-23)27(32)31-24-13-7-2-1-3-8-14-24/h4-6,9-12,15-20,24H,1-3,7-8,13-14H2,(H,31,32). The molecule has 166 valence electrons. The third-order valence-electron chi connectivity index (χ3n) is 6.40. The van der Waals surface area contributed by atoms with Gasteiger partial charge in [-0.05, 0) is 42.2 Å². The van der Waals surface area contributed by atoms with E-state index in [1.807, 2.05) is 78.9 Å². The third kappa shape index (κ3) is 5.03. The molecule has 0 spiro atoms. The first-order valence-corrected chi connectivity index (χ1v) is 12.3. The Morgan fingerprint density at radius 3 is 1.97 bits per heavy atom. The van der Waals surface area contributed by atoms with Crippen LogP contribution < -0.4 is 5.32 Å². The zero-order chi connectivity index (χ0) is 22.4. The van der Waals surface area contributed by atoms with Crippen molar-refractivity contribution in [2.45, 2.75) is 55.9 Å². The van der Waals surface area contributed by atoms with Gasteiger partial charge in [-0.25, -0.2) is 0 Å². The summed E-state index contributed by atoms with van der Waals surface area (Å²) in [5, 5.41) is 3.85. The highest BCUT2D eigenvalue weighted by Gasteiger charge is 2.35. The molecule has 0 radical (unpaired) electrons. The number of nitrogens with one attached hydrogen (secondary N) is 1. The summed E-state index contributed by atoms with van der Waals surface area (Å²) in [5.41, 5.74) is 3.28. The van der Waals surface area contributed by atoms with Crippen LogP contribution in [0.4, 0.5) is 0 Å². The van der Waals surface area contributed by atoms with Crippen LogP contribution in [0.25, 0.3) is 0 Å². The van der Waals surface area contributed by atoms with Gasteiger partial charge in [-0.15, -0.1) is 11.6 Å². The number of carbonyl (C=O) groups excluding carboxylic acids is 1. The molecular weight excluding hydrogens is 437 g/mol. The van der Waals surface area contributed by atoms with Crippen LogP contribution in [0, 0.1) is 0 Å². The average Bonchev–Trinajstić information content (AvgIpc) is 2.81. The van der Waals surface area contributed by atoms with Gasteiger partial charge in [-0.2, -0.15) is 0 Å². The Morgan fingerprint density at radius 1 is 0.750 bits per heavy atom. The number of alkyl halides is 1. The molecule has 0 bridgehead atoms. The molecule has 1 saturated carbocycles. The van der Waals surface area contributed by atoms with Crippen molar-refractivity contribution in [3.8, 4) is 0 Å². The van der Waals surface area contributed by atoms with Crippen molar-refractivity contribution in [2.75, 3.05) is 0 Å². The Hall–Kier alpha value is -2.29. The number of hydrogen-bond donors (Lipinski definition) is 1. The fraction of sp³-hybridized carbons (Fsp3) is 0.321. The molecule has 4 heteroatoms. The van der Waals surface area contributed by atoms with Crippen molar-refractivity contribution < 1.29 is 4.79 Å². The molecule has 2 nitrogen and oxygen atoms in total. The molecule has 1 N–H and O–H groups in total. The van der Waals surface area contributed by atoms with E-state index in [-0.39, 0.29) is 11.9 Å². The summed E-state index contributed by atoms with van der Waals surface area (Å²) in [7, 11) is 0. The first-order valence-electron chi connectivity index (χ1n) is 11.5. The molecule has 1 atom stereocenters. The van der Waals surface area contributed by atoms with E-state index in [0.717, 1.165) is 29.5 Å². The van der Waals surface area contributed by atoms with Crippen LogP contribution >= 0.6 is 23.2 Å². The van der Waals surface area contributed by atoms with Crippen molar-refractivity contribution in [1.82, 2.24) is 5.32 Å². The van der Waals surface area contributed by atoms with E-state index >= 15 is 0 Å². The summed E-state index contributed by atoms with van der Waals surface area (Å²) in [5.74, 6) is -0.0141. The van der Waals surface area contributed by atoms with Gasteiger partial charge in [0.2, 0.25) is 0 Å². The molecule has 0 aliphatic heterocycles. The van der Waals surface area contributed by atoms with Gasteiger partial charge in [0, 0.05) is 22.2 Å². The Balaban J connectivity index is 1.61. The number of carbonyl (C=O) groups is 1. The van der Waals surface area contributed by atoms with Crippen LogP contribution in [0.5, 0.6) is 0 Å². The maximum atomic E-state index is 12.9. The highest BCUT2D eigenvalue weighted by atomic mass is 35.5. The normalized spacial score (nSPS) is 17.1. The van der Waals surface area contributed by atoms with Gasteiger partial charge in [0.15, 0.2) is 0 Å². The van der Waals surface area contributed by atoms with Crippen molar-refractivity contribution in [3.05, 3.63) is 106 Å². The van der Waals surface area contributed by atoms with E-state index in [4.69, 9.17) is 23.2 Å². The minimum absolute atomic E-state index is 0.0141. The first-order chi connectivity index (χ1) is 15.6. The van der Waals surface area contributed by atoms with Crippen LogP contribution in [-0.2, 0) is 4.87 Å². The van der Waals surface area contributed by atoms with E-state index in [1.54, 1.807) is 0 Å². The molecule has 1 aliphatic carbocycles. The molecule has 4 rings (SSSR count). The topological polar surface area (TPSA) is 29.1 Å². The Labute approximate surface area is 201 Å². The molecule has 1 amide bonds. The van der Waals surface area contributed by atoms with Crippen LogP contribution in [0.3, 0.4) is 0 Å². The fourth-order valence-electron chi connectivity index (χ4n) is 4.61. The zero-order valence-electron chi connectivity index (χ0n) is 18.2. The van der Waals surface area contributed by atoms with E-state index in [2.05, 4.69) is 5.32 Å². The molecule has 1 fully saturated rings. The van der Waals surface area contributed by atoms with Gasteiger partial charge in [-0.3, -0.25) is 4.79 Å². The molecule has 3 aromatic carbocycles. The summed E-state index contributed by atoms with van der Waals surface area (Å²) >= 11 is 13.9. The van der Waals surface area contributed by atoms with Gasteiger partial charge in [-0.1, -0.05) is 104 Å². The van der Waals surface area contributed by atoms with Crippen molar-refractivity contribution in [1.29, 1.82) is 0 Å². The molecule has 0 saturated heterocycles. The van der Waals surface area contributed by atoms with Crippen LogP contribution in [-0.4, -0.2) is 11.9 Å². The SMILES string of the molecule is O=C(NC1CCCCCCC1)c1ccc(C(Cl)(c2ccccc2)c2ccccc2Cl)cc1. The minimum atomic E-state index is -0.950. The lowest BCUT2D eigenvalue weighted by Gasteiger charge is -2.30. The fourth-order valence-corrected chi connectivity index (χ4v) is 5.35. The van der Waals surface area contributed by atoms with Crippen molar-refractivity contribution >= 4 is 29.1 Å². The van der Waals surface area contributed by atoms with Crippen molar-refractivity contribution in [3.63, 3.8) is 0 Å². The third-order valence-corrected chi connectivity index (χ3v) is 7.37. The van der Waals surface area contributed by atoms with E-state index in [1.165, 1.54) is 32.1 Å². The number of halogens is 2. The molecular formula is C28H29Cl2NO. The molecule has 3 aromatic rings. The monoisotopic (exact) mass is 465 g/mol. The first kappa shape index (κ1) is 22.9. The second kappa shape index (κ2) is 10.6. The minimum Gasteiger partial charge on any atom is -0.349 e. The highest BCUT2D eigenvalue weighted by molar-refractivity contribution is 6.34. The maximum Gasteiger partial charge on any atom is 0.251 e. The molecule has 0 heterocycles. The lowest BCUT2D eigenvalue weighted by Crippen LogP contribution is -2.35. The number of amides is 1. The second-order valence-corrected chi connectivity index (χ2v) is 9.57. The van der Waals surface area contributed by atoms with Gasteiger partial charge >= 0.3 is 0 Å². The molecule has 0 aromatic heterocycles. The van der Waals surface area contributed by atoms with Crippen LogP contribution in [0.1, 0.15) is 72.0 Å². The predicted molar refractivity (Wildman–Crippen MR) is 134 cm³/mol. The lowest BCUT2D eigenvalue weighted by atomic mass is 9.83. The van der Waals surface area contributed by atoms with Gasteiger partial charge in [0.05, 0.1) is 0 Å². The largest absolute Gasteiger partial charge is 0.349 e. The summed E-state index contributed by atoms with van der Waals surface area (Å²) in [4.78, 5) is 12.0. The molecule has 1 unspecified atom stereocenters. The van der Waals surface area contributed by atoms with Gasteiger partial charge in [0.25, 0.3) is 5.91 Å². The average molecular weight is 466 g/mol. The maximum absolute atomic E-state index is 12.9. The molecule has 32 heavy (non-hydrogen) atoms. The Bertz CT molecular complexity index is 1030. The van der Waals surface area contributed by atoms with E-state index in [0.29, 0.717) is 10.6 Å². The Kier molecular flexibility index (Phi) is 7.55. The Morgan fingerprint density at radius 2 is 1.31 bits per heavy atom. The lowest BCUT2D eigenvalue weighted by molar-refractivity contribution is 0.0930. The summed E-state index contributed by atoms with van der Waals surface area (Å²) in [6, 6.07) is 25.5. The highest BCUT2D eigenvalue weighted by Crippen LogP contribution is 2.45. The van der Waals surface area contributed by atoms with Crippen LogP contribution in [0.2, 0.25) is 5.02 Å². The number of benzene rings is 3. The molecule has 1 aliphatic rings. The van der Waals surface area contributed by atoms with Gasteiger partial charge in [0.1, 0.15) is 4.87 Å². The van der Waals surface area contributed by atoms with Crippen LogP contribution in [0.15, 0.2) is 78.9 Å². The van der Waals surface area contributed by atoms with Crippen molar-refractivity contribution in [2.24, 2.45) is 0 Å². The van der Waals surface area contributed by atoms with E-state index < -0.39 is 4.87 Å². The smallest absolute Gasteiger partial charge is 0.251 e. The van der Waals surface area contributed by atoms with Gasteiger partial charge < -0.3 is 5.32 Å². The number of hydrogen-bond acceptors (Lipinski definition) is 1. The summed E-state index contributed by atoms with van der Waals surface area (Å²) < 4.78 is 0. The quantitative estimate of drug-likeness (QED) is 0.303. The summed E-state index contributed by atoms with van der Waals surface area (Å²) in [6.45, 7) is 0. The summed E-state index contributed by atoms with van der Waals surface area (Å²) in [6.07, 6.45) is 8.35. The predicted octanol–water partition coefficient (Wildman–Crippen LogP) is 7.71. The van der Waals surface area contributed by atoms with E-state index in [9.17, 15) is 4.79 Å². The second-order valence-electron chi connectivity index (χ2n) is 8.60. The zero-order valence-corrected chi connectivity index (χ0v) is 19.7. The number of rotatable bonds is 5.